The molecular weight excluding hydrogens is 455 g/mol. The normalized spacial score (nSPS) is 11.9. The molecular formula is C23H20F3N3O3S. The van der Waals surface area contributed by atoms with Crippen LogP contribution in [0.15, 0.2) is 65.8 Å². The third-order valence-corrected chi connectivity index (χ3v) is 6.83. The molecule has 33 heavy (non-hydrogen) atoms. The number of halogens is 3. The molecule has 0 aliphatic heterocycles. The van der Waals surface area contributed by atoms with Gasteiger partial charge in [0.15, 0.2) is 0 Å². The van der Waals surface area contributed by atoms with Crippen LogP contribution < -0.4 is 10.1 Å². The van der Waals surface area contributed by atoms with E-state index in [1.807, 2.05) is 6.07 Å². The van der Waals surface area contributed by atoms with E-state index >= 15 is 0 Å². The maximum absolute atomic E-state index is 13.6. The summed E-state index contributed by atoms with van der Waals surface area (Å²) < 4.78 is 71.3. The van der Waals surface area contributed by atoms with E-state index in [1.165, 1.54) is 30.6 Å². The standard InChI is InChI=1S/C23H20F3N3O3S/c1-14-8-16(12-28-22(14)24)15-6-7-20-17(11-27-2)13-29(21(20)9-15)33(30,31)19-5-3-4-18(10-19)32-23(25)26/h3-10,12-13,23,27H,11H2,1-2H3. The van der Waals surface area contributed by atoms with Gasteiger partial charge in [-0.05, 0) is 49.4 Å². The molecule has 2 aromatic carbocycles. The lowest BCUT2D eigenvalue weighted by Crippen LogP contribution is -2.13. The highest BCUT2D eigenvalue weighted by molar-refractivity contribution is 7.90. The Labute approximate surface area is 188 Å². The summed E-state index contributed by atoms with van der Waals surface area (Å²) in [6.07, 6.45) is 2.88. The maximum Gasteiger partial charge on any atom is 0.387 e. The van der Waals surface area contributed by atoms with Crippen molar-refractivity contribution in [1.29, 1.82) is 0 Å². The Morgan fingerprint density at radius 2 is 1.91 bits per heavy atom. The van der Waals surface area contributed by atoms with Gasteiger partial charge in [0.2, 0.25) is 5.95 Å². The van der Waals surface area contributed by atoms with Crippen LogP contribution in [0.2, 0.25) is 0 Å². The number of fused-ring (bicyclic) bond motifs is 1. The molecule has 0 radical (unpaired) electrons. The lowest BCUT2D eigenvalue weighted by Gasteiger charge is -2.11. The number of ether oxygens (including phenoxy) is 1. The van der Waals surface area contributed by atoms with Gasteiger partial charge < -0.3 is 10.1 Å². The number of nitrogens with zero attached hydrogens (tertiary/aromatic N) is 2. The molecule has 0 aliphatic rings. The molecule has 0 amide bonds. The number of aryl methyl sites for hydroxylation is 1. The van der Waals surface area contributed by atoms with Gasteiger partial charge in [-0.25, -0.2) is 17.4 Å². The molecule has 10 heteroatoms. The van der Waals surface area contributed by atoms with Crippen LogP contribution in [0.25, 0.3) is 22.0 Å². The third-order valence-electron chi connectivity index (χ3n) is 5.16. The molecule has 0 bridgehead atoms. The van der Waals surface area contributed by atoms with Crippen molar-refractivity contribution in [2.45, 2.75) is 25.0 Å². The highest BCUT2D eigenvalue weighted by Gasteiger charge is 2.23. The average Bonchev–Trinajstić information content (AvgIpc) is 3.14. The molecule has 0 spiro atoms. The molecule has 172 valence electrons. The summed E-state index contributed by atoms with van der Waals surface area (Å²) >= 11 is 0. The SMILES string of the molecule is CNCc1cn(S(=O)(=O)c2cccc(OC(F)F)c2)c2cc(-c3cnc(F)c(C)c3)ccc12. The van der Waals surface area contributed by atoms with Gasteiger partial charge in [-0.15, -0.1) is 0 Å². The van der Waals surface area contributed by atoms with Crippen LogP contribution in [0.1, 0.15) is 11.1 Å². The van der Waals surface area contributed by atoms with Gasteiger partial charge in [-0.3, -0.25) is 0 Å². The second-order valence-corrected chi connectivity index (χ2v) is 9.22. The first-order chi connectivity index (χ1) is 15.7. The summed E-state index contributed by atoms with van der Waals surface area (Å²) in [4.78, 5) is 3.55. The molecule has 0 saturated carbocycles. The fourth-order valence-corrected chi connectivity index (χ4v) is 5.04. The molecule has 6 nitrogen and oxygen atoms in total. The van der Waals surface area contributed by atoms with Crippen molar-refractivity contribution in [3.05, 3.63) is 78.0 Å². The van der Waals surface area contributed by atoms with E-state index in [9.17, 15) is 21.6 Å². The van der Waals surface area contributed by atoms with E-state index in [4.69, 9.17) is 0 Å². The second-order valence-electron chi connectivity index (χ2n) is 7.40. The number of hydrogen-bond acceptors (Lipinski definition) is 5. The lowest BCUT2D eigenvalue weighted by molar-refractivity contribution is -0.0499. The van der Waals surface area contributed by atoms with Gasteiger partial charge in [0, 0.05) is 41.5 Å². The Balaban J connectivity index is 1.89. The zero-order valence-electron chi connectivity index (χ0n) is 17.7. The van der Waals surface area contributed by atoms with Gasteiger partial charge in [0.1, 0.15) is 5.75 Å². The van der Waals surface area contributed by atoms with E-state index < -0.39 is 22.6 Å². The van der Waals surface area contributed by atoms with Crippen molar-refractivity contribution in [2.24, 2.45) is 0 Å². The average molecular weight is 475 g/mol. The maximum atomic E-state index is 13.6. The van der Waals surface area contributed by atoms with E-state index in [0.29, 0.717) is 34.1 Å². The van der Waals surface area contributed by atoms with Gasteiger partial charge in [0.25, 0.3) is 10.0 Å². The Bertz CT molecular complexity index is 1440. The van der Waals surface area contributed by atoms with Crippen LogP contribution in [0.3, 0.4) is 0 Å². The number of benzene rings is 2. The van der Waals surface area contributed by atoms with Gasteiger partial charge in [0.05, 0.1) is 10.4 Å². The summed E-state index contributed by atoms with van der Waals surface area (Å²) in [5.41, 5.74) is 2.76. The topological polar surface area (TPSA) is 73.2 Å². The number of alkyl halides is 2. The molecule has 0 fully saturated rings. The van der Waals surface area contributed by atoms with Crippen LogP contribution in [-0.4, -0.2) is 31.0 Å². The molecule has 2 aromatic heterocycles. The number of pyridine rings is 1. The van der Waals surface area contributed by atoms with Crippen LogP contribution >= 0.6 is 0 Å². The van der Waals surface area contributed by atoms with Gasteiger partial charge in [-0.1, -0.05) is 18.2 Å². The molecule has 0 atom stereocenters. The molecule has 0 unspecified atom stereocenters. The second kappa shape index (κ2) is 8.87. The first-order valence-corrected chi connectivity index (χ1v) is 11.4. The summed E-state index contributed by atoms with van der Waals surface area (Å²) in [6, 6.07) is 11.9. The largest absolute Gasteiger partial charge is 0.435 e. The smallest absolute Gasteiger partial charge is 0.387 e. The Kier molecular flexibility index (Phi) is 6.13. The van der Waals surface area contributed by atoms with Crippen LogP contribution in [0.5, 0.6) is 5.75 Å². The van der Waals surface area contributed by atoms with Crippen LogP contribution in [0, 0.1) is 12.9 Å². The van der Waals surface area contributed by atoms with Crippen molar-refractivity contribution in [3.63, 3.8) is 0 Å². The predicted octanol–water partition coefficient (Wildman–Crippen LogP) is 4.71. The number of aromatic nitrogens is 2. The molecule has 0 aliphatic carbocycles. The Morgan fingerprint density at radius 3 is 2.61 bits per heavy atom. The van der Waals surface area contributed by atoms with Gasteiger partial charge in [-0.2, -0.15) is 13.2 Å². The summed E-state index contributed by atoms with van der Waals surface area (Å²) in [7, 11) is -2.41. The minimum atomic E-state index is -4.15. The van der Waals surface area contributed by atoms with Gasteiger partial charge >= 0.3 is 6.61 Å². The summed E-state index contributed by atoms with van der Waals surface area (Å²) in [5, 5.41) is 3.71. The fraction of sp³-hybridized carbons (Fsp3) is 0.174. The molecule has 4 rings (SSSR count). The Morgan fingerprint density at radius 1 is 1.12 bits per heavy atom. The van der Waals surface area contributed by atoms with E-state index in [0.717, 1.165) is 15.6 Å². The third kappa shape index (κ3) is 4.44. The molecule has 2 heterocycles. The number of hydrogen-bond donors (Lipinski definition) is 1. The van der Waals surface area contributed by atoms with E-state index in [-0.39, 0.29) is 10.6 Å². The molecule has 1 N–H and O–H groups in total. The molecule has 0 saturated heterocycles. The minimum Gasteiger partial charge on any atom is -0.435 e. The van der Waals surface area contributed by atoms with Crippen molar-refractivity contribution in [3.8, 4) is 16.9 Å². The fourth-order valence-electron chi connectivity index (χ4n) is 3.62. The Hall–Kier alpha value is -3.37. The predicted molar refractivity (Wildman–Crippen MR) is 118 cm³/mol. The lowest BCUT2D eigenvalue weighted by atomic mass is 10.0. The highest BCUT2D eigenvalue weighted by Crippen LogP contribution is 2.31. The zero-order chi connectivity index (χ0) is 23.8. The van der Waals surface area contributed by atoms with Crippen molar-refractivity contribution in [2.75, 3.05) is 7.05 Å². The van der Waals surface area contributed by atoms with Crippen molar-refractivity contribution < 1.29 is 26.3 Å². The minimum absolute atomic E-state index is 0.196. The van der Waals surface area contributed by atoms with Crippen molar-refractivity contribution in [1.82, 2.24) is 14.3 Å². The molecule has 4 aromatic rings. The summed E-state index contributed by atoms with van der Waals surface area (Å²) in [5.74, 6) is -0.834. The first kappa shape index (κ1) is 22.8. The quantitative estimate of drug-likeness (QED) is 0.392. The van der Waals surface area contributed by atoms with Crippen molar-refractivity contribution >= 4 is 20.9 Å². The van der Waals surface area contributed by atoms with Crippen LogP contribution in [-0.2, 0) is 16.6 Å². The monoisotopic (exact) mass is 475 g/mol. The van der Waals surface area contributed by atoms with Crippen LogP contribution in [0.4, 0.5) is 13.2 Å². The number of rotatable bonds is 7. The first-order valence-electron chi connectivity index (χ1n) is 9.92. The van der Waals surface area contributed by atoms with E-state index in [2.05, 4.69) is 15.0 Å². The highest BCUT2D eigenvalue weighted by atomic mass is 32.2. The number of nitrogens with one attached hydrogen (secondary N) is 1. The zero-order valence-corrected chi connectivity index (χ0v) is 18.5. The van der Waals surface area contributed by atoms with E-state index in [1.54, 1.807) is 32.2 Å². The summed E-state index contributed by atoms with van der Waals surface area (Å²) in [6.45, 7) is -1.07.